The highest BCUT2D eigenvalue weighted by atomic mass is 32.1. The Morgan fingerprint density at radius 3 is 2.50 bits per heavy atom. The number of carbonyl (C=O) groups excluding carboxylic acids is 2. The predicted molar refractivity (Wildman–Crippen MR) is 75.7 cm³/mol. The van der Waals surface area contributed by atoms with Crippen LogP contribution in [0.4, 0.5) is 0 Å². The first-order valence-electron chi connectivity index (χ1n) is 5.91. The maximum absolute atomic E-state index is 12.4. The Morgan fingerprint density at radius 2 is 1.95 bits per heavy atom. The normalized spacial score (nSPS) is 10.9. The van der Waals surface area contributed by atoms with Crippen molar-refractivity contribution in [1.29, 1.82) is 0 Å². The van der Waals surface area contributed by atoms with Gasteiger partial charge >= 0.3 is 0 Å². The van der Waals surface area contributed by atoms with Crippen molar-refractivity contribution in [3.05, 3.63) is 26.6 Å². The Bertz CT molecular complexity index is 775. The third kappa shape index (κ3) is 2.29. The average molecular weight is 294 g/mol. The fraction of sp³-hybridized carbons (Fsp3) is 0.333. The van der Waals surface area contributed by atoms with Crippen molar-refractivity contribution >= 4 is 33.4 Å². The van der Waals surface area contributed by atoms with E-state index in [0.717, 1.165) is 11.3 Å². The first-order chi connectivity index (χ1) is 9.32. The molecule has 0 saturated heterocycles. The molecule has 0 atom stereocenters. The zero-order valence-corrected chi connectivity index (χ0v) is 11.9. The minimum atomic E-state index is -0.578. The van der Waals surface area contributed by atoms with E-state index in [0.29, 0.717) is 26.5 Å². The second-order valence-corrected chi connectivity index (χ2v) is 5.43. The van der Waals surface area contributed by atoms with Crippen LogP contribution in [0.15, 0.2) is 4.79 Å². The summed E-state index contributed by atoms with van der Waals surface area (Å²) in [6.45, 7) is 3.50. The molecule has 0 bridgehead atoms. The van der Waals surface area contributed by atoms with Gasteiger partial charge in [-0.25, -0.2) is 4.98 Å². The lowest BCUT2D eigenvalue weighted by Gasteiger charge is -2.08. The lowest BCUT2D eigenvalue weighted by Crippen LogP contribution is -2.26. The highest BCUT2D eigenvalue weighted by molar-refractivity contribution is 7.20. The number of fused-ring (bicyclic) bond motifs is 1. The number of nitrogens with two attached hydrogens (primary N) is 2. The van der Waals surface area contributed by atoms with Crippen LogP contribution in [0.1, 0.15) is 27.5 Å². The standard InChI is InChI=1S/C12H14N4O3S/c1-5-8-11(20-9(5)10(14)18)15-6(2)16(12(8)19)4-3-7(13)17/h3-4H2,1-2H3,(H2,13,17)(H2,14,18). The molecule has 2 rings (SSSR count). The summed E-state index contributed by atoms with van der Waals surface area (Å²) < 4.78 is 1.39. The number of hydrogen-bond acceptors (Lipinski definition) is 5. The summed E-state index contributed by atoms with van der Waals surface area (Å²) in [7, 11) is 0. The maximum atomic E-state index is 12.4. The molecule has 0 aliphatic carbocycles. The first kappa shape index (κ1) is 14.2. The van der Waals surface area contributed by atoms with Crippen LogP contribution in [-0.2, 0) is 11.3 Å². The summed E-state index contributed by atoms with van der Waals surface area (Å²) in [5.41, 5.74) is 10.6. The van der Waals surface area contributed by atoms with Crippen molar-refractivity contribution in [3.63, 3.8) is 0 Å². The van der Waals surface area contributed by atoms with E-state index in [-0.39, 0.29) is 18.5 Å². The van der Waals surface area contributed by atoms with Gasteiger partial charge in [0.1, 0.15) is 10.7 Å². The Hall–Kier alpha value is -2.22. The molecule has 0 aliphatic rings. The van der Waals surface area contributed by atoms with Crippen LogP contribution in [0.2, 0.25) is 0 Å². The van der Waals surface area contributed by atoms with Crippen LogP contribution in [0.5, 0.6) is 0 Å². The average Bonchev–Trinajstić information content (AvgIpc) is 2.65. The molecule has 0 spiro atoms. The maximum Gasteiger partial charge on any atom is 0.262 e. The molecule has 8 heteroatoms. The van der Waals surface area contributed by atoms with E-state index in [1.165, 1.54) is 4.57 Å². The van der Waals surface area contributed by atoms with Gasteiger partial charge in [-0.15, -0.1) is 11.3 Å². The largest absolute Gasteiger partial charge is 0.370 e. The van der Waals surface area contributed by atoms with Crippen LogP contribution in [0.25, 0.3) is 10.2 Å². The summed E-state index contributed by atoms with van der Waals surface area (Å²) in [5, 5.41) is 0.374. The number of thiophene rings is 1. The minimum Gasteiger partial charge on any atom is -0.370 e. The van der Waals surface area contributed by atoms with Gasteiger partial charge in [0.2, 0.25) is 5.91 Å². The van der Waals surface area contributed by atoms with E-state index in [2.05, 4.69) is 4.98 Å². The number of hydrogen-bond donors (Lipinski definition) is 2. The molecular formula is C12H14N4O3S. The highest BCUT2D eigenvalue weighted by Gasteiger charge is 2.19. The topological polar surface area (TPSA) is 121 Å². The first-order valence-corrected chi connectivity index (χ1v) is 6.73. The monoisotopic (exact) mass is 294 g/mol. The molecule has 0 unspecified atom stereocenters. The zero-order valence-electron chi connectivity index (χ0n) is 11.1. The zero-order chi connectivity index (χ0) is 15.0. The molecule has 0 fully saturated rings. The van der Waals surface area contributed by atoms with Crippen LogP contribution >= 0.6 is 11.3 Å². The Kier molecular flexibility index (Phi) is 3.58. The van der Waals surface area contributed by atoms with E-state index in [1.54, 1.807) is 13.8 Å². The van der Waals surface area contributed by atoms with Crippen LogP contribution < -0.4 is 17.0 Å². The van der Waals surface area contributed by atoms with E-state index in [9.17, 15) is 14.4 Å². The third-order valence-corrected chi connectivity index (χ3v) is 4.25. The van der Waals surface area contributed by atoms with Gasteiger partial charge in [-0.1, -0.05) is 0 Å². The number of amides is 2. The molecule has 2 aromatic heterocycles. The van der Waals surface area contributed by atoms with Gasteiger partial charge in [-0.05, 0) is 19.4 Å². The lowest BCUT2D eigenvalue weighted by atomic mass is 10.2. The van der Waals surface area contributed by atoms with Crippen LogP contribution in [0, 0.1) is 13.8 Å². The van der Waals surface area contributed by atoms with E-state index in [1.807, 2.05) is 0 Å². The fourth-order valence-corrected chi connectivity index (χ4v) is 3.11. The predicted octanol–water partition coefficient (Wildman–Crippen LogP) is 0.0491. The summed E-state index contributed by atoms with van der Waals surface area (Å²) in [5.74, 6) is -0.594. The SMILES string of the molecule is Cc1c(C(N)=O)sc2nc(C)n(CCC(N)=O)c(=O)c12. The van der Waals surface area contributed by atoms with Crippen molar-refractivity contribution in [3.8, 4) is 0 Å². The number of aromatic nitrogens is 2. The number of nitrogens with zero attached hydrogens (tertiary/aromatic N) is 2. The summed E-state index contributed by atoms with van der Waals surface area (Å²) in [6, 6.07) is 0. The molecule has 4 N–H and O–H groups in total. The van der Waals surface area contributed by atoms with Gasteiger partial charge in [0, 0.05) is 13.0 Å². The van der Waals surface area contributed by atoms with Crippen molar-refractivity contribution in [2.75, 3.05) is 0 Å². The molecule has 2 amide bonds. The van der Waals surface area contributed by atoms with Crippen molar-refractivity contribution in [2.24, 2.45) is 11.5 Å². The molecule has 7 nitrogen and oxygen atoms in total. The Morgan fingerprint density at radius 1 is 1.30 bits per heavy atom. The summed E-state index contributed by atoms with van der Waals surface area (Å²) in [4.78, 5) is 39.7. The quantitative estimate of drug-likeness (QED) is 0.827. The molecule has 106 valence electrons. The summed E-state index contributed by atoms with van der Waals surface area (Å²) >= 11 is 1.10. The highest BCUT2D eigenvalue weighted by Crippen LogP contribution is 2.26. The molecular weight excluding hydrogens is 280 g/mol. The van der Waals surface area contributed by atoms with E-state index in [4.69, 9.17) is 11.5 Å². The number of carbonyl (C=O) groups is 2. The molecule has 2 aromatic rings. The van der Waals surface area contributed by atoms with Gasteiger partial charge in [0.05, 0.1) is 10.3 Å². The molecule has 2 heterocycles. The molecule has 0 radical (unpaired) electrons. The van der Waals surface area contributed by atoms with Gasteiger partial charge in [0.25, 0.3) is 11.5 Å². The van der Waals surface area contributed by atoms with Gasteiger partial charge in [-0.3, -0.25) is 19.0 Å². The fourth-order valence-electron chi connectivity index (χ4n) is 2.04. The van der Waals surface area contributed by atoms with Gasteiger partial charge in [0.15, 0.2) is 0 Å². The smallest absolute Gasteiger partial charge is 0.262 e. The minimum absolute atomic E-state index is 0.0554. The third-order valence-electron chi connectivity index (χ3n) is 3.05. The number of aryl methyl sites for hydroxylation is 2. The van der Waals surface area contributed by atoms with E-state index >= 15 is 0 Å². The van der Waals surface area contributed by atoms with Gasteiger partial charge in [-0.2, -0.15) is 0 Å². The van der Waals surface area contributed by atoms with Crippen molar-refractivity contribution in [2.45, 2.75) is 26.8 Å². The number of rotatable bonds is 4. The molecule has 0 saturated carbocycles. The van der Waals surface area contributed by atoms with Crippen LogP contribution in [-0.4, -0.2) is 21.4 Å². The van der Waals surface area contributed by atoms with Crippen molar-refractivity contribution < 1.29 is 9.59 Å². The Labute approximate surface area is 118 Å². The van der Waals surface area contributed by atoms with Gasteiger partial charge < -0.3 is 11.5 Å². The van der Waals surface area contributed by atoms with Crippen LogP contribution in [0.3, 0.4) is 0 Å². The van der Waals surface area contributed by atoms with Crippen molar-refractivity contribution in [1.82, 2.24) is 9.55 Å². The molecule has 0 aliphatic heterocycles. The second kappa shape index (κ2) is 5.04. The lowest BCUT2D eigenvalue weighted by molar-refractivity contribution is -0.118. The second-order valence-electron chi connectivity index (χ2n) is 4.43. The molecule has 0 aromatic carbocycles. The number of primary amides is 2. The molecule has 20 heavy (non-hydrogen) atoms. The Balaban J connectivity index is 2.68. The van der Waals surface area contributed by atoms with E-state index < -0.39 is 11.8 Å². The summed E-state index contributed by atoms with van der Waals surface area (Å²) in [6.07, 6.45) is 0.0554.